The van der Waals surface area contributed by atoms with Crippen molar-refractivity contribution in [3.05, 3.63) is 58.7 Å². The summed E-state index contributed by atoms with van der Waals surface area (Å²) in [7, 11) is -3.64. The number of carbonyl (C=O) groups is 1. The number of anilines is 1. The lowest BCUT2D eigenvalue weighted by atomic mass is 10.1. The fraction of sp³-hybridized carbons (Fsp3) is 0.350. The van der Waals surface area contributed by atoms with Crippen LogP contribution in [0.4, 0.5) is 5.69 Å². The minimum atomic E-state index is -3.64. The molecule has 0 radical (unpaired) electrons. The van der Waals surface area contributed by atoms with Crippen molar-refractivity contribution in [1.82, 2.24) is 4.72 Å². The van der Waals surface area contributed by atoms with E-state index in [-0.39, 0.29) is 18.9 Å². The molecule has 0 aliphatic carbocycles. The first-order valence-electron chi connectivity index (χ1n) is 8.75. The number of rotatable bonds is 5. The molecule has 1 amide bonds. The van der Waals surface area contributed by atoms with Crippen molar-refractivity contribution in [3.8, 4) is 0 Å². The molecule has 1 heterocycles. The second kappa shape index (κ2) is 7.21. The van der Waals surface area contributed by atoms with Crippen molar-refractivity contribution in [2.45, 2.75) is 38.5 Å². The summed E-state index contributed by atoms with van der Waals surface area (Å²) in [6.45, 7) is 6.27. The van der Waals surface area contributed by atoms with Crippen molar-refractivity contribution >= 4 is 21.6 Å². The Balaban J connectivity index is 1.66. The molecule has 26 heavy (non-hydrogen) atoms. The summed E-state index contributed by atoms with van der Waals surface area (Å²) < 4.78 is 27.9. The van der Waals surface area contributed by atoms with Crippen molar-refractivity contribution < 1.29 is 13.2 Å². The van der Waals surface area contributed by atoms with Crippen LogP contribution in [-0.4, -0.2) is 27.4 Å². The van der Waals surface area contributed by atoms with E-state index in [1.54, 1.807) is 18.7 Å². The normalized spacial score (nSPS) is 13.7. The molecule has 2 aromatic carbocycles. The van der Waals surface area contributed by atoms with E-state index in [1.165, 1.54) is 0 Å². The van der Waals surface area contributed by atoms with Gasteiger partial charge in [0.15, 0.2) is 0 Å². The summed E-state index contributed by atoms with van der Waals surface area (Å²) in [6.07, 6.45) is 0.979. The van der Waals surface area contributed by atoms with Crippen LogP contribution in [0.1, 0.15) is 28.7 Å². The monoisotopic (exact) mass is 372 g/mol. The zero-order chi connectivity index (χ0) is 18.9. The molecule has 3 rings (SSSR count). The van der Waals surface area contributed by atoms with E-state index in [4.69, 9.17) is 0 Å². The SMILES string of the molecule is Cc1cc(C)c(S(=O)(=O)NCCC(=O)N2CCc3ccccc32)c(C)c1. The standard InChI is InChI=1S/C20H24N2O3S/c1-14-12-15(2)20(16(3)13-14)26(24,25)21-10-8-19(23)22-11-9-17-6-4-5-7-18(17)22/h4-7,12-13,21H,8-11H2,1-3H3. The predicted molar refractivity (Wildman–Crippen MR) is 103 cm³/mol. The Morgan fingerprint density at radius 2 is 1.77 bits per heavy atom. The van der Waals surface area contributed by atoms with Gasteiger partial charge in [-0.15, -0.1) is 0 Å². The third-order valence-electron chi connectivity index (χ3n) is 4.69. The molecule has 0 saturated heterocycles. The van der Waals surface area contributed by atoms with Crippen LogP contribution in [0.2, 0.25) is 0 Å². The van der Waals surface area contributed by atoms with Crippen LogP contribution >= 0.6 is 0 Å². The van der Waals surface area contributed by atoms with E-state index in [0.717, 1.165) is 34.4 Å². The second-order valence-corrected chi connectivity index (χ2v) is 8.50. The Morgan fingerprint density at radius 3 is 2.46 bits per heavy atom. The van der Waals surface area contributed by atoms with Gasteiger partial charge in [0.2, 0.25) is 15.9 Å². The Morgan fingerprint density at radius 1 is 1.12 bits per heavy atom. The Labute approximate surface area is 155 Å². The fourth-order valence-corrected chi connectivity index (χ4v) is 5.17. The number of benzene rings is 2. The average Bonchev–Trinajstić information content (AvgIpc) is 2.97. The maximum atomic E-state index is 12.7. The van der Waals surface area contributed by atoms with Crippen LogP contribution in [0.5, 0.6) is 0 Å². The van der Waals surface area contributed by atoms with Crippen LogP contribution in [0.3, 0.4) is 0 Å². The Hall–Kier alpha value is -2.18. The lowest BCUT2D eigenvalue weighted by molar-refractivity contribution is -0.118. The molecular weight excluding hydrogens is 348 g/mol. The quantitative estimate of drug-likeness (QED) is 0.878. The predicted octanol–water partition coefficient (Wildman–Crippen LogP) is 2.87. The number of carbonyl (C=O) groups excluding carboxylic acids is 1. The maximum Gasteiger partial charge on any atom is 0.241 e. The lowest BCUT2D eigenvalue weighted by Crippen LogP contribution is -2.33. The van der Waals surface area contributed by atoms with Crippen molar-refractivity contribution in [2.24, 2.45) is 0 Å². The van der Waals surface area contributed by atoms with Crippen molar-refractivity contribution in [1.29, 1.82) is 0 Å². The first kappa shape index (κ1) is 18.6. The van der Waals surface area contributed by atoms with Gasteiger partial charge in [-0.1, -0.05) is 35.9 Å². The highest BCUT2D eigenvalue weighted by atomic mass is 32.2. The number of aryl methyl sites for hydroxylation is 3. The zero-order valence-electron chi connectivity index (χ0n) is 15.4. The first-order chi connectivity index (χ1) is 12.3. The molecule has 1 aliphatic rings. The molecule has 1 aliphatic heterocycles. The summed E-state index contributed by atoms with van der Waals surface area (Å²) in [6, 6.07) is 11.5. The van der Waals surface area contributed by atoms with Gasteiger partial charge < -0.3 is 4.90 Å². The van der Waals surface area contributed by atoms with Gasteiger partial charge in [-0.05, 0) is 49.9 Å². The second-order valence-electron chi connectivity index (χ2n) is 6.80. The highest BCUT2D eigenvalue weighted by Crippen LogP contribution is 2.28. The highest BCUT2D eigenvalue weighted by molar-refractivity contribution is 7.89. The number of hydrogen-bond donors (Lipinski definition) is 1. The number of sulfonamides is 1. The average molecular weight is 372 g/mol. The van der Waals surface area contributed by atoms with Gasteiger partial charge in [0, 0.05) is 25.2 Å². The van der Waals surface area contributed by atoms with Crippen molar-refractivity contribution in [3.63, 3.8) is 0 Å². The largest absolute Gasteiger partial charge is 0.312 e. The number of nitrogens with one attached hydrogen (secondary N) is 1. The van der Waals surface area contributed by atoms with Crippen LogP contribution in [-0.2, 0) is 21.2 Å². The molecule has 0 saturated carbocycles. The van der Waals surface area contributed by atoms with Gasteiger partial charge in [-0.25, -0.2) is 13.1 Å². The highest BCUT2D eigenvalue weighted by Gasteiger charge is 2.25. The molecule has 1 N–H and O–H groups in total. The number of amides is 1. The van der Waals surface area contributed by atoms with Crippen LogP contribution in [0.15, 0.2) is 41.3 Å². The van der Waals surface area contributed by atoms with E-state index in [0.29, 0.717) is 11.4 Å². The molecule has 0 aromatic heterocycles. The molecule has 0 fully saturated rings. The third kappa shape index (κ3) is 3.66. The van der Waals surface area contributed by atoms with E-state index in [9.17, 15) is 13.2 Å². The van der Waals surface area contributed by atoms with Crippen LogP contribution in [0, 0.1) is 20.8 Å². The molecule has 2 aromatic rings. The van der Waals surface area contributed by atoms with Gasteiger partial charge in [0.05, 0.1) is 4.90 Å². The van der Waals surface area contributed by atoms with Crippen molar-refractivity contribution in [2.75, 3.05) is 18.0 Å². The van der Waals surface area contributed by atoms with Gasteiger partial charge in [-0.2, -0.15) is 0 Å². The minimum Gasteiger partial charge on any atom is -0.312 e. The molecule has 0 atom stereocenters. The summed E-state index contributed by atoms with van der Waals surface area (Å²) in [5.41, 5.74) is 4.56. The number of para-hydroxylation sites is 1. The van der Waals surface area contributed by atoms with Crippen LogP contribution < -0.4 is 9.62 Å². The van der Waals surface area contributed by atoms with Crippen LogP contribution in [0.25, 0.3) is 0 Å². The van der Waals surface area contributed by atoms with E-state index >= 15 is 0 Å². The fourth-order valence-electron chi connectivity index (χ4n) is 3.69. The van der Waals surface area contributed by atoms with E-state index in [2.05, 4.69) is 4.72 Å². The summed E-state index contributed by atoms with van der Waals surface area (Å²) >= 11 is 0. The van der Waals surface area contributed by atoms with Gasteiger partial charge in [-0.3, -0.25) is 4.79 Å². The molecule has 5 nitrogen and oxygen atoms in total. The topological polar surface area (TPSA) is 66.5 Å². The third-order valence-corrected chi connectivity index (χ3v) is 6.46. The summed E-state index contributed by atoms with van der Waals surface area (Å²) in [4.78, 5) is 14.5. The minimum absolute atomic E-state index is 0.0602. The Bertz CT molecular complexity index is 928. The smallest absolute Gasteiger partial charge is 0.241 e. The van der Waals surface area contributed by atoms with Gasteiger partial charge >= 0.3 is 0 Å². The van der Waals surface area contributed by atoms with E-state index < -0.39 is 10.0 Å². The summed E-state index contributed by atoms with van der Waals surface area (Å²) in [5, 5.41) is 0. The van der Waals surface area contributed by atoms with E-state index in [1.807, 2.05) is 43.3 Å². The number of nitrogens with zero attached hydrogens (tertiary/aromatic N) is 1. The summed E-state index contributed by atoms with van der Waals surface area (Å²) in [5.74, 6) is -0.0602. The molecule has 0 spiro atoms. The van der Waals surface area contributed by atoms with Gasteiger partial charge in [0.25, 0.3) is 0 Å². The first-order valence-corrected chi connectivity index (χ1v) is 10.2. The molecule has 0 unspecified atom stereocenters. The molecule has 0 bridgehead atoms. The number of fused-ring (bicyclic) bond motifs is 1. The molecular formula is C20H24N2O3S. The van der Waals surface area contributed by atoms with Gasteiger partial charge in [0.1, 0.15) is 0 Å². The lowest BCUT2D eigenvalue weighted by Gasteiger charge is -2.18. The molecule has 6 heteroatoms. The molecule has 138 valence electrons. The number of hydrogen-bond acceptors (Lipinski definition) is 3. The Kier molecular flexibility index (Phi) is 5.16. The maximum absolute atomic E-state index is 12.7. The zero-order valence-corrected chi connectivity index (χ0v) is 16.2.